The Morgan fingerprint density at radius 3 is 2.10 bits per heavy atom. The van der Waals surface area contributed by atoms with Crippen molar-refractivity contribution in [3.05, 3.63) is 71.8 Å². The minimum atomic E-state index is -4.29. The summed E-state index contributed by atoms with van der Waals surface area (Å²) in [6.45, 7) is 2.00. The van der Waals surface area contributed by atoms with Crippen molar-refractivity contribution < 1.29 is 13.2 Å². The predicted molar refractivity (Wildman–Crippen MR) is 79.1 cm³/mol. The Bertz CT molecular complexity index is 784. The third kappa shape index (κ3) is 2.51. The number of hydrogen-bond acceptors (Lipinski definition) is 0. The largest absolute Gasteiger partial charge is 0.416 e. The lowest BCUT2D eigenvalue weighted by atomic mass is 9.95. The molecule has 21 heavy (non-hydrogen) atoms. The van der Waals surface area contributed by atoms with Crippen LogP contribution in [0.5, 0.6) is 0 Å². The van der Waals surface area contributed by atoms with Crippen molar-refractivity contribution in [2.45, 2.75) is 13.1 Å². The van der Waals surface area contributed by atoms with Crippen molar-refractivity contribution in [3.8, 4) is 11.1 Å². The van der Waals surface area contributed by atoms with Gasteiger partial charge in [0.05, 0.1) is 5.56 Å². The van der Waals surface area contributed by atoms with Gasteiger partial charge < -0.3 is 0 Å². The fourth-order valence-corrected chi connectivity index (χ4v) is 2.58. The average Bonchev–Trinajstić information content (AvgIpc) is 2.47. The first-order chi connectivity index (χ1) is 9.97. The maximum Gasteiger partial charge on any atom is 0.416 e. The topological polar surface area (TPSA) is 0 Å². The summed E-state index contributed by atoms with van der Waals surface area (Å²) in [4.78, 5) is 0. The van der Waals surface area contributed by atoms with Gasteiger partial charge in [-0.05, 0) is 46.5 Å². The monoisotopic (exact) mass is 286 g/mol. The molecule has 3 heteroatoms. The molecule has 0 aliphatic carbocycles. The van der Waals surface area contributed by atoms with Crippen molar-refractivity contribution in [3.63, 3.8) is 0 Å². The molecule has 0 saturated carbocycles. The molecule has 0 N–H and O–H groups in total. The third-order valence-corrected chi connectivity index (χ3v) is 3.72. The molecule has 0 unspecified atom stereocenters. The van der Waals surface area contributed by atoms with Crippen molar-refractivity contribution in [1.82, 2.24) is 0 Å². The highest BCUT2D eigenvalue weighted by atomic mass is 19.4. The fourth-order valence-electron chi connectivity index (χ4n) is 2.58. The minimum absolute atomic E-state index is 0.621. The van der Waals surface area contributed by atoms with Crippen LogP contribution in [-0.2, 0) is 6.18 Å². The summed E-state index contributed by atoms with van der Waals surface area (Å²) in [7, 11) is 0. The molecular formula is C18H13F3. The lowest BCUT2D eigenvalue weighted by Gasteiger charge is -2.11. The summed E-state index contributed by atoms with van der Waals surface area (Å²) in [6.07, 6.45) is -4.29. The zero-order chi connectivity index (χ0) is 15.0. The Labute approximate surface area is 120 Å². The number of benzene rings is 3. The quantitative estimate of drug-likeness (QED) is 0.527. The smallest absolute Gasteiger partial charge is 0.166 e. The molecule has 106 valence electrons. The molecule has 0 fully saturated rings. The summed E-state index contributed by atoms with van der Waals surface area (Å²) in [5.41, 5.74) is 2.21. The van der Waals surface area contributed by atoms with E-state index in [1.165, 1.54) is 12.1 Å². The van der Waals surface area contributed by atoms with Crippen LogP contribution in [0.25, 0.3) is 21.9 Å². The van der Waals surface area contributed by atoms with Gasteiger partial charge in [0.25, 0.3) is 0 Å². The fraction of sp³-hybridized carbons (Fsp3) is 0.111. The number of halogens is 3. The van der Waals surface area contributed by atoms with E-state index in [0.717, 1.165) is 39.6 Å². The first-order valence-corrected chi connectivity index (χ1v) is 6.63. The first kappa shape index (κ1) is 13.7. The highest BCUT2D eigenvalue weighted by molar-refractivity contribution is 5.91. The molecule has 0 atom stereocenters. The van der Waals surface area contributed by atoms with Gasteiger partial charge in [0.15, 0.2) is 0 Å². The standard InChI is InChI=1S/C18H13F3/c1-12-16-5-3-2-4-13(16)8-11-17(12)14-6-9-15(10-7-14)18(19,20)21/h2-11H,1H3. The Balaban J connectivity index is 2.10. The highest BCUT2D eigenvalue weighted by Gasteiger charge is 2.30. The van der Waals surface area contributed by atoms with Crippen LogP contribution in [0, 0.1) is 6.92 Å². The summed E-state index contributed by atoms with van der Waals surface area (Å²) < 4.78 is 37.8. The van der Waals surface area contributed by atoms with Crippen LogP contribution in [0.15, 0.2) is 60.7 Å². The van der Waals surface area contributed by atoms with Crippen molar-refractivity contribution in [1.29, 1.82) is 0 Å². The van der Waals surface area contributed by atoms with Gasteiger partial charge in [0, 0.05) is 0 Å². The molecule has 0 aliphatic heterocycles. The molecule has 0 saturated heterocycles. The van der Waals surface area contributed by atoms with Crippen LogP contribution in [0.3, 0.4) is 0 Å². The zero-order valence-electron chi connectivity index (χ0n) is 11.4. The summed E-state index contributed by atoms with van der Waals surface area (Å²) in [5.74, 6) is 0. The lowest BCUT2D eigenvalue weighted by molar-refractivity contribution is -0.137. The maximum atomic E-state index is 12.6. The van der Waals surface area contributed by atoms with E-state index in [9.17, 15) is 13.2 Å². The molecule has 3 rings (SSSR count). The van der Waals surface area contributed by atoms with Gasteiger partial charge in [-0.1, -0.05) is 48.5 Å². The molecule has 0 aliphatic rings. The highest BCUT2D eigenvalue weighted by Crippen LogP contribution is 2.33. The molecule has 0 radical (unpaired) electrons. The van der Waals surface area contributed by atoms with Crippen molar-refractivity contribution in [2.75, 3.05) is 0 Å². The normalized spacial score (nSPS) is 11.8. The third-order valence-electron chi connectivity index (χ3n) is 3.72. The van der Waals surface area contributed by atoms with Crippen LogP contribution in [0.2, 0.25) is 0 Å². The van der Waals surface area contributed by atoms with Gasteiger partial charge in [-0.25, -0.2) is 0 Å². The predicted octanol–water partition coefficient (Wildman–Crippen LogP) is 5.83. The van der Waals surface area contributed by atoms with Gasteiger partial charge in [-0.15, -0.1) is 0 Å². The first-order valence-electron chi connectivity index (χ1n) is 6.63. The lowest BCUT2D eigenvalue weighted by Crippen LogP contribution is -2.04. The van der Waals surface area contributed by atoms with Crippen LogP contribution >= 0.6 is 0 Å². The average molecular weight is 286 g/mol. The summed E-state index contributed by atoms with van der Waals surface area (Å²) >= 11 is 0. The number of aryl methyl sites for hydroxylation is 1. The van der Waals surface area contributed by atoms with Gasteiger partial charge >= 0.3 is 6.18 Å². The van der Waals surface area contributed by atoms with Gasteiger partial charge in [-0.3, -0.25) is 0 Å². The van der Waals surface area contributed by atoms with Crippen LogP contribution in [-0.4, -0.2) is 0 Å². The molecule has 0 aromatic heterocycles. The molecule has 0 amide bonds. The van der Waals surface area contributed by atoms with E-state index in [-0.39, 0.29) is 0 Å². The molecular weight excluding hydrogens is 273 g/mol. The van der Waals surface area contributed by atoms with E-state index in [1.807, 2.05) is 43.3 Å². The second-order valence-electron chi connectivity index (χ2n) is 5.03. The Hall–Kier alpha value is -2.29. The number of alkyl halides is 3. The van der Waals surface area contributed by atoms with E-state index in [4.69, 9.17) is 0 Å². The minimum Gasteiger partial charge on any atom is -0.166 e. The van der Waals surface area contributed by atoms with E-state index in [2.05, 4.69) is 0 Å². The Morgan fingerprint density at radius 2 is 1.43 bits per heavy atom. The van der Waals surface area contributed by atoms with E-state index in [1.54, 1.807) is 0 Å². The van der Waals surface area contributed by atoms with Crippen LogP contribution in [0.1, 0.15) is 11.1 Å². The van der Waals surface area contributed by atoms with Gasteiger partial charge in [-0.2, -0.15) is 13.2 Å². The van der Waals surface area contributed by atoms with E-state index >= 15 is 0 Å². The van der Waals surface area contributed by atoms with Crippen LogP contribution in [0.4, 0.5) is 13.2 Å². The Kier molecular flexibility index (Phi) is 3.20. The summed E-state index contributed by atoms with van der Waals surface area (Å²) in [5, 5.41) is 2.25. The molecule has 0 nitrogen and oxygen atoms in total. The molecule has 0 heterocycles. The van der Waals surface area contributed by atoms with Gasteiger partial charge in [0.1, 0.15) is 0 Å². The Morgan fingerprint density at radius 1 is 0.762 bits per heavy atom. The van der Waals surface area contributed by atoms with Crippen molar-refractivity contribution >= 4 is 10.8 Å². The van der Waals surface area contributed by atoms with Crippen molar-refractivity contribution in [2.24, 2.45) is 0 Å². The second-order valence-corrected chi connectivity index (χ2v) is 5.03. The number of hydrogen-bond donors (Lipinski definition) is 0. The summed E-state index contributed by atoms with van der Waals surface area (Å²) in [6, 6.07) is 17.3. The molecule has 0 bridgehead atoms. The van der Waals surface area contributed by atoms with Crippen LogP contribution < -0.4 is 0 Å². The van der Waals surface area contributed by atoms with E-state index in [0.29, 0.717) is 0 Å². The number of fused-ring (bicyclic) bond motifs is 1. The second kappa shape index (κ2) is 4.92. The maximum absolute atomic E-state index is 12.6. The molecule has 3 aromatic rings. The number of rotatable bonds is 1. The zero-order valence-corrected chi connectivity index (χ0v) is 11.4. The van der Waals surface area contributed by atoms with E-state index < -0.39 is 11.7 Å². The molecule has 0 spiro atoms. The SMILES string of the molecule is Cc1c(-c2ccc(C(F)(F)F)cc2)ccc2ccccc12. The van der Waals surface area contributed by atoms with Gasteiger partial charge in [0.2, 0.25) is 0 Å². The molecule has 3 aromatic carbocycles.